The normalized spacial score (nSPS) is 18.5. The predicted octanol–water partition coefficient (Wildman–Crippen LogP) is -0.520. The van der Waals surface area contributed by atoms with Crippen molar-refractivity contribution in [2.45, 2.75) is 10.7 Å². The lowest BCUT2D eigenvalue weighted by atomic mass is 10.6. The van der Waals surface area contributed by atoms with E-state index in [0.29, 0.717) is 0 Å². The Hall–Kier alpha value is -0.330. The second kappa shape index (κ2) is 3.89. The Kier molecular flexibility index (Phi) is 3.77. The number of hydrogen-bond acceptors (Lipinski definition) is 4. The maximum atomic E-state index is 5.69. The lowest BCUT2D eigenvalue weighted by Gasteiger charge is -2.38. The largest absolute Gasteiger partial charge is 0.315 e. The molecule has 0 aliphatic heterocycles. The smallest absolute Gasteiger partial charge is 0.0784 e. The van der Waals surface area contributed by atoms with Crippen molar-refractivity contribution in [1.29, 1.82) is 0 Å². The van der Waals surface area contributed by atoms with Gasteiger partial charge >= 0.3 is 0 Å². The van der Waals surface area contributed by atoms with Crippen molar-refractivity contribution in [3.05, 3.63) is 25.3 Å². The number of nitrogens with two attached hydrogens (primary N) is 4. The van der Waals surface area contributed by atoms with Gasteiger partial charge in [0.05, 0.1) is 10.7 Å². The summed E-state index contributed by atoms with van der Waals surface area (Å²) in [5, 5.41) is 10.5. The van der Waals surface area contributed by atoms with Crippen molar-refractivity contribution in [2.75, 3.05) is 0 Å². The minimum absolute atomic E-state index is 0.449. The van der Waals surface area contributed by atoms with Crippen LogP contribution in [0.3, 0.4) is 0 Å². The molecule has 2 unspecified atom stereocenters. The lowest BCUT2D eigenvalue weighted by molar-refractivity contribution is 1.05. The molecule has 0 aliphatic rings. The Morgan fingerprint density at radius 2 is 1.27 bits per heavy atom. The molecule has 0 fully saturated rings. The Balaban J connectivity index is 4.41. The Morgan fingerprint density at radius 1 is 1.00 bits per heavy atom. The molecule has 66 valence electrons. The summed E-state index contributed by atoms with van der Waals surface area (Å²) in [7, 11) is -2.02. The van der Waals surface area contributed by atoms with Crippen molar-refractivity contribution < 1.29 is 0 Å². The molecule has 0 aromatic heterocycles. The van der Waals surface area contributed by atoms with Crippen LogP contribution in [0.25, 0.3) is 0 Å². The molecular weight excluding hydrogens is 160 g/mol. The van der Waals surface area contributed by atoms with Crippen LogP contribution in [0.15, 0.2) is 25.3 Å². The van der Waals surface area contributed by atoms with E-state index in [1.54, 1.807) is 0 Å². The molecule has 0 aromatic carbocycles. The highest BCUT2D eigenvalue weighted by Gasteiger charge is 2.24. The maximum absolute atomic E-state index is 5.69. The van der Waals surface area contributed by atoms with Crippen LogP contribution in [0.1, 0.15) is 0 Å². The monoisotopic (exact) mass is 176 g/mol. The quantitative estimate of drug-likeness (QED) is 0.433. The van der Waals surface area contributed by atoms with Gasteiger partial charge in [0, 0.05) is 0 Å². The highest BCUT2D eigenvalue weighted by atomic mass is 32.3. The molecule has 11 heavy (non-hydrogen) atoms. The van der Waals surface area contributed by atoms with Gasteiger partial charge in [-0.05, 0) is 0 Å². The molecule has 0 bridgehead atoms. The van der Waals surface area contributed by atoms with Gasteiger partial charge in [-0.1, -0.05) is 12.2 Å². The van der Waals surface area contributed by atoms with Gasteiger partial charge in [0.2, 0.25) is 0 Å². The maximum Gasteiger partial charge on any atom is 0.0784 e. The second-order valence-corrected chi connectivity index (χ2v) is 4.94. The second-order valence-electron chi connectivity index (χ2n) is 2.22. The van der Waals surface area contributed by atoms with Crippen LogP contribution in [-0.4, -0.2) is 10.7 Å². The molecular formula is C6H16N4S. The lowest BCUT2D eigenvalue weighted by Crippen LogP contribution is -2.46. The highest BCUT2D eigenvalue weighted by molar-refractivity contribution is 8.31. The van der Waals surface area contributed by atoms with Crippen LogP contribution in [0, 0.1) is 0 Å². The van der Waals surface area contributed by atoms with Crippen LogP contribution in [0.5, 0.6) is 0 Å². The van der Waals surface area contributed by atoms with Gasteiger partial charge in [-0.15, -0.1) is 23.6 Å². The molecule has 0 saturated carbocycles. The average Bonchev–Trinajstić information content (AvgIpc) is 2.01. The molecule has 8 N–H and O–H groups in total. The van der Waals surface area contributed by atoms with E-state index >= 15 is 0 Å². The van der Waals surface area contributed by atoms with Gasteiger partial charge in [0.1, 0.15) is 0 Å². The van der Waals surface area contributed by atoms with Crippen LogP contribution in [-0.2, 0) is 0 Å². The Morgan fingerprint density at radius 3 is 1.45 bits per heavy atom. The van der Waals surface area contributed by atoms with Gasteiger partial charge in [0.25, 0.3) is 0 Å². The average molecular weight is 176 g/mol. The predicted molar refractivity (Wildman–Crippen MR) is 52.3 cm³/mol. The summed E-state index contributed by atoms with van der Waals surface area (Å²) in [6, 6.07) is 0. The Bertz CT molecular complexity index is 141. The molecule has 0 saturated heterocycles. The zero-order valence-corrected chi connectivity index (χ0v) is 7.26. The summed E-state index contributed by atoms with van der Waals surface area (Å²) in [4.78, 5) is 0. The van der Waals surface area contributed by atoms with Crippen molar-refractivity contribution >= 4 is 10.4 Å². The SMILES string of the molecule is C=CC(N)S(N)(N)C(N)C=C. The summed E-state index contributed by atoms with van der Waals surface area (Å²) < 4.78 is 0. The molecule has 0 aliphatic carbocycles. The minimum Gasteiger partial charge on any atom is -0.315 e. The van der Waals surface area contributed by atoms with Crippen molar-refractivity contribution in [1.82, 2.24) is 0 Å². The van der Waals surface area contributed by atoms with E-state index in [1.807, 2.05) is 0 Å². The molecule has 4 nitrogen and oxygen atoms in total. The third-order valence-electron chi connectivity index (χ3n) is 1.41. The van der Waals surface area contributed by atoms with Crippen LogP contribution in [0.4, 0.5) is 0 Å². The van der Waals surface area contributed by atoms with Gasteiger partial charge in [-0.3, -0.25) is 10.3 Å². The van der Waals surface area contributed by atoms with Gasteiger partial charge in [0.15, 0.2) is 0 Å². The molecule has 0 rings (SSSR count). The first-order valence-electron chi connectivity index (χ1n) is 3.09. The topological polar surface area (TPSA) is 104 Å². The fourth-order valence-corrected chi connectivity index (χ4v) is 1.54. The first-order valence-corrected chi connectivity index (χ1v) is 4.98. The van der Waals surface area contributed by atoms with Crippen LogP contribution in [0.2, 0.25) is 0 Å². The Labute approximate surface area is 68.9 Å². The summed E-state index contributed by atoms with van der Waals surface area (Å²) >= 11 is 0. The van der Waals surface area contributed by atoms with E-state index in [-0.39, 0.29) is 0 Å². The van der Waals surface area contributed by atoms with E-state index in [4.69, 9.17) is 21.7 Å². The number of hydrogen-bond donors (Lipinski definition) is 4. The molecule has 0 spiro atoms. The molecule has 2 atom stereocenters. The van der Waals surface area contributed by atoms with E-state index in [9.17, 15) is 0 Å². The molecule has 0 radical (unpaired) electrons. The van der Waals surface area contributed by atoms with E-state index in [1.165, 1.54) is 12.2 Å². The van der Waals surface area contributed by atoms with E-state index in [2.05, 4.69) is 13.2 Å². The zero-order valence-electron chi connectivity index (χ0n) is 6.44. The highest BCUT2D eigenvalue weighted by Crippen LogP contribution is 2.37. The standard InChI is InChI=1S/C6H16N4S/c1-3-5(7)11(9,10)6(8)4-2/h3-6H,1-2,7-10H2. The van der Waals surface area contributed by atoms with Gasteiger partial charge in [-0.2, -0.15) is 0 Å². The fraction of sp³-hybridized carbons (Fsp3) is 0.333. The molecule has 0 heterocycles. The summed E-state index contributed by atoms with van der Waals surface area (Å²) in [5.41, 5.74) is 11.1. The first kappa shape index (κ1) is 10.7. The summed E-state index contributed by atoms with van der Waals surface area (Å²) in [6.45, 7) is 6.98. The van der Waals surface area contributed by atoms with Crippen molar-refractivity contribution in [3.63, 3.8) is 0 Å². The van der Waals surface area contributed by atoms with Crippen molar-refractivity contribution in [2.24, 2.45) is 21.7 Å². The molecule has 0 amide bonds. The molecule has 5 heteroatoms. The van der Waals surface area contributed by atoms with Crippen molar-refractivity contribution in [3.8, 4) is 0 Å². The fourth-order valence-electron chi connectivity index (χ4n) is 0.515. The van der Waals surface area contributed by atoms with Crippen LogP contribution >= 0.6 is 10.4 Å². The summed E-state index contributed by atoms with van der Waals surface area (Å²) in [5.74, 6) is 0. The third-order valence-corrected chi connectivity index (χ3v) is 3.68. The zero-order chi connectivity index (χ0) is 9.07. The van der Waals surface area contributed by atoms with E-state index < -0.39 is 21.1 Å². The number of rotatable bonds is 4. The third kappa shape index (κ3) is 2.32. The van der Waals surface area contributed by atoms with Gasteiger partial charge in [-0.25, -0.2) is 0 Å². The van der Waals surface area contributed by atoms with Crippen LogP contribution < -0.4 is 21.7 Å². The molecule has 0 aromatic rings. The van der Waals surface area contributed by atoms with Gasteiger partial charge < -0.3 is 11.5 Å². The summed E-state index contributed by atoms with van der Waals surface area (Å²) in [6.07, 6.45) is 3.00. The first-order chi connectivity index (χ1) is 4.96. The minimum atomic E-state index is -2.02. The van der Waals surface area contributed by atoms with E-state index in [0.717, 1.165) is 0 Å².